The van der Waals surface area contributed by atoms with E-state index in [1.165, 1.54) is 28.3 Å². The Labute approximate surface area is 159 Å². The van der Waals surface area contributed by atoms with Gasteiger partial charge in [0.25, 0.3) is 0 Å². The van der Waals surface area contributed by atoms with E-state index in [-0.39, 0.29) is 5.41 Å². The molecule has 0 saturated heterocycles. The van der Waals surface area contributed by atoms with Crippen molar-refractivity contribution < 1.29 is 4.74 Å². The summed E-state index contributed by atoms with van der Waals surface area (Å²) in [6.45, 7) is 5.92. The number of rotatable bonds is 7. The lowest BCUT2D eigenvalue weighted by Gasteiger charge is -2.19. The topological polar surface area (TPSA) is 58.5 Å². The Balaban J connectivity index is 1.49. The van der Waals surface area contributed by atoms with E-state index in [0.717, 1.165) is 36.9 Å². The monoisotopic (exact) mass is 372 g/mol. The molecule has 1 heterocycles. The molecule has 1 fully saturated rings. The lowest BCUT2D eigenvalue weighted by Crippen LogP contribution is -2.41. The van der Waals surface area contributed by atoms with Gasteiger partial charge in [-0.25, -0.2) is 4.98 Å². The van der Waals surface area contributed by atoms with E-state index in [1.807, 2.05) is 19.2 Å². The summed E-state index contributed by atoms with van der Waals surface area (Å²) in [6.07, 6.45) is 3.34. The molecule has 0 unspecified atom stereocenters. The number of nitrogens with one attached hydrogen (secondary N) is 2. The molecule has 1 saturated carbocycles. The van der Waals surface area contributed by atoms with Crippen molar-refractivity contribution in [1.82, 2.24) is 15.6 Å². The number of hydrogen-bond acceptors (Lipinski definition) is 4. The quantitative estimate of drug-likeness (QED) is 0.579. The van der Waals surface area contributed by atoms with Crippen LogP contribution in [0.3, 0.4) is 0 Å². The van der Waals surface area contributed by atoms with Crippen molar-refractivity contribution in [3.05, 3.63) is 45.4 Å². The van der Waals surface area contributed by atoms with E-state index >= 15 is 0 Å². The molecule has 140 valence electrons. The number of aliphatic imine (C=N–C) groups is 1. The minimum atomic E-state index is 0.230. The SMILES string of the molecule is CN=C(NCCc1nc(C)c(C)s1)NCC1(c2ccc(OC)cc2)CC1. The highest BCUT2D eigenvalue weighted by Crippen LogP contribution is 2.47. The molecule has 0 bridgehead atoms. The van der Waals surface area contributed by atoms with Crippen LogP contribution in [-0.2, 0) is 11.8 Å². The first-order valence-corrected chi connectivity index (χ1v) is 9.90. The van der Waals surface area contributed by atoms with Gasteiger partial charge < -0.3 is 15.4 Å². The van der Waals surface area contributed by atoms with Crippen LogP contribution >= 0.6 is 11.3 Å². The number of ether oxygens (including phenoxy) is 1. The molecule has 3 rings (SSSR count). The summed E-state index contributed by atoms with van der Waals surface area (Å²) in [4.78, 5) is 10.2. The normalized spacial score (nSPS) is 15.6. The number of guanidine groups is 1. The third-order valence-electron chi connectivity index (χ3n) is 5.08. The lowest BCUT2D eigenvalue weighted by molar-refractivity contribution is 0.414. The molecule has 0 spiro atoms. The van der Waals surface area contributed by atoms with Gasteiger partial charge in [-0.05, 0) is 44.4 Å². The zero-order valence-electron chi connectivity index (χ0n) is 16.1. The van der Waals surface area contributed by atoms with Gasteiger partial charge in [0.15, 0.2) is 5.96 Å². The minimum absolute atomic E-state index is 0.230. The number of thiazole rings is 1. The van der Waals surface area contributed by atoms with Crippen LogP contribution < -0.4 is 15.4 Å². The predicted octanol–water partition coefficient (Wildman–Crippen LogP) is 3.21. The summed E-state index contributed by atoms with van der Waals surface area (Å²) < 4.78 is 5.26. The number of aryl methyl sites for hydroxylation is 2. The van der Waals surface area contributed by atoms with Crippen LogP contribution in [0.1, 0.15) is 34.0 Å². The molecule has 1 aromatic heterocycles. The van der Waals surface area contributed by atoms with Gasteiger partial charge in [-0.1, -0.05) is 12.1 Å². The molecule has 0 aliphatic heterocycles. The van der Waals surface area contributed by atoms with Gasteiger partial charge in [0.2, 0.25) is 0 Å². The Morgan fingerprint density at radius 3 is 2.50 bits per heavy atom. The van der Waals surface area contributed by atoms with Gasteiger partial charge in [0.05, 0.1) is 17.8 Å². The first kappa shape index (κ1) is 18.7. The van der Waals surface area contributed by atoms with E-state index in [9.17, 15) is 0 Å². The molecule has 0 atom stereocenters. The van der Waals surface area contributed by atoms with Gasteiger partial charge in [0.1, 0.15) is 5.75 Å². The van der Waals surface area contributed by atoms with Gasteiger partial charge >= 0.3 is 0 Å². The van der Waals surface area contributed by atoms with Crippen molar-refractivity contribution in [2.75, 3.05) is 27.2 Å². The maximum atomic E-state index is 5.26. The summed E-state index contributed by atoms with van der Waals surface area (Å²) >= 11 is 1.78. The van der Waals surface area contributed by atoms with Crippen molar-refractivity contribution >= 4 is 17.3 Å². The van der Waals surface area contributed by atoms with Crippen molar-refractivity contribution in [1.29, 1.82) is 0 Å². The van der Waals surface area contributed by atoms with Crippen LogP contribution in [0.25, 0.3) is 0 Å². The molecule has 0 amide bonds. The van der Waals surface area contributed by atoms with Crippen LogP contribution in [0.2, 0.25) is 0 Å². The molecule has 6 heteroatoms. The predicted molar refractivity (Wildman–Crippen MR) is 109 cm³/mol. The average molecular weight is 373 g/mol. The Morgan fingerprint density at radius 1 is 1.23 bits per heavy atom. The second kappa shape index (κ2) is 8.08. The van der Waals surface area contributed by atoms with Crippen molar-refractivity contribution in [3.63, 3.8) is 0 Å². The van der Waals surface area contributed by atoms with Gasteiger partial charge in [-0.2, -0.15) is 0 Å². The minimum Gasteiger partial charge on any atom is -0.497 e. The molecule has 2 aromatic rings. The van der Waals surface area contributed by atoms with E-state index < -0.39 is 0 Å². The average Bonchev–Trinajstić information content (AvgIpc) is 3.38. The van der Waals surface area contributed by atoms with E-state index in [1.54, 1.807) is 18.4 Å². The number of nitrogens with zero attached hydrogens (tertiary/aromatic N) is 2. The van der Waals surface area contributed by atoms with E-state index in [4.69, 9.17) is 4.74 Å². The summed E-state index contributed by atoms with van der Waals surface area (Å²) in [6, 6.07) is 8.44. The highest BCUT2D eigenvalue weighted by atomic mass is 32.1. The summed E-state index contributed by atoms with van der Waals surface area (Å²) in [7, 11) is 3.52. The van der Waals surface area contributed by atoms with Crippen LogP contribution in [-0.4, -0.2) is 38.2 Å². The Morgan fingerprint density at radius 2 is 1.96 bits per heavy atom. The molecule has 1 aliphatic rings. The molecule has 26 heavy (non-hydrogen) atoms. The largest absolute Gasteiger partial charge is 0.497 e. The molecule has 5 nitrogen and oxygen atoms in total. The maximum Gasteiger partial charge on any atom is 0.191 e. The summed E-state index contributed by atoms with van der Waals surface area (Å²) in [5.41, 5.74) is 2.74. The van der Waals surface area contributed by atoms with Crippen molar-refractivity contribution in [2.24, 2.45) is 4.99 Å². The summed E-state index contributed by atoms with van der Waals surface area (Å²) in [5.74, 6) is 1.76. The standard InChI is InChI=1S/C20H28N4OS/c1-14-15(2)26-18(24-14)9-12-22-19(21-3)23-13-20(10-11-20)16-5-7-17(25-4)8-6-16/h5-8H,9-13H2,1-4H3,(H2,21,22,23). The first-order chi connectivity index (χ1) is 12.6. The first-order valence-electron chi connectivity index (χ1n) is 9.08. The zero-order valence-corrected chi connectivity index (χ0v) is 16.9. The highest BCUT2D eigenvalue weighted by molar-refractivity contribution is 7.11. The fourth-order valence-electron chi connectivity index (χ4n) is 3.07. The molecule has 1 aliphatic carbocycles. The fourth-order valence-corrected chi connectivity index (χ4v) is 4.00. The van der Waals surface area contributed by atoms with Gasteiger partial charge in [-0.15, -0.1) is 11.3 Å². The van der Waals surface area contributed by atoms with Crippen LogP contribution in [0.15, 0.2) is 29.3 Å². The smallest absolute Gasteiger partial charge is 0.191 e. The van der Waals surface area contributed by atoms with Crippen LogP contribution in [0, 0.1) is 13.8 Å². The second-order valence-corrected chi connectivity index (χ2v) is 8.15. The molecular formula is C20H28N4OS. The number of methoxy groups -OCH3 is 1. The zero-order chi connectivity index (χ0) is 18.6. The Kier molecular flexibility index (Phi) is 5.81. The Hall–Kier alpha value is -2.08. The molecule has 1 aromatic carbocycles. The van der Waals surface area contributed by atoms with Crippen LogP contribution in [0.5, 0.6) is 5.75 Å². The van der Waals surface area contributed by atoms with Crippen molar-refractivity contribution in [2.45, 2.75) is 38.5 Å². The third kappa shape index (κ3) is 4.36. The summed E-state index contributed by atoms with van der Waals surface area (Å²) in [5, 5.41) is 8.08. The van der Waals surface area contributed by atoms with E-state index in [2.05, 4.69) is 46.6 Å². The molecule has 0 radical (unpaired) electrons. The number of aromatic nitrogens is 1. The van der Waals surface area contributed by atoms with Gasteiger partial charge in [0, 0.05) is 36.9 Å². The van der Waals surface area contributed by atoms with Crippen LogP contribution in [0.4, 0.5) is 0 Å². The third-order valence-corrected chi connectivity index (χ3v) is 6.21. The lowest BCUT2D eigenvalue weighted by atomic mass is 9.96. The molecule has 2 N–H and O–H groups in total. The second-order valence-electron chi connectivity index (χ2n) is 6.86. The Bertz CT molecular complexity index is 743. The highest BCUT2D eigenvalue weighted by Gasteiger charge is 2.44. The maximum absolute atomic E-state index is 5.26. The number of benzene rings is 1. The van der Waals surface area contributed by atoms with Crippen molar-refractivity contribution in [3.8, 4) is 5.75 Å². The number of hydrogen-bond donors (Lipinski definition) is 2. The fraction of sp³-hybridized carbons (Fsp3) is 0.500. The van der Waals surface area contributed by atoms with E-state index in [0.29, 0.717) is 0 Å². The molecular weight excluding hydrogens is 344 g/mol. The van der Waals surface area contributed by atoms with Gasteiger partial charge in [-0.3, -0.25) is 4.99 Å².